The molecule has 7 heteroatoms. The average Bonchev–Trinajstić information content (AvgIpc) is 2.72. The summed E-state index contributed by atoms with van der Waals surface area (Å²) in [5, 5.41) is 2.97. The minimum Gasteiger partial charge on any atom is -0.354 e. The average molecular weight is 422 g/mol. The Morgan fingerprint density at radius 3 is 2.45 bits per heavy atom. The van der Waals surface area contributed by atoms with Crippen molar-refractivity contribution in [2.45, 2.75) is 75.6 Å². The fourth-order valence-corrected chi connectivity index (χ4v) is 5.36. The zero-order valence-corrected chi connectivity index (χ0v) is 18.6. The number of sulfonamides is 1. The standard InChI is InChI=1S/C22H35N3O3S/c1-22(2,25-14-6-3-7-15-25)17-23-21(26)12-13-24-29(27,28)20-11-10-18-8-4-5-9-19(18)16-20/h10-11,16,24H,3-9,12-15,17H2,1-2H3,(H,23,26). The number of amides is 1. The maximum Gasteiger partial charge on any atom is 0.240 e. The van der Waals surface area contributed by atoms with E-state index in [4.69, 9.17) is 0 Å². The highest BCUT2D eigenvalue weighted by molar-refractivity contribution is 7.89. The highest BCUT2D eigenvalue weighted by Gasteiger charge is 2.28. The summed E-state index contributed by atoms with van der Waals surface area (Å²) >= 11 is 0. The van der Waals surface area contributed by atoms with E-state index in [9.17, 15) is 13.2 Å². The number of carbonyl (C=O) groups is 1. The number of carbonyl (C=O) groups excluding carboxylic acids is 1. The second-order valence-electron chi connectivity index (χ2n) is 8.92. The van der Waals surface area contributed by atoms with Crippen LogP contribution in [0.3, 0.4) is 0 Å². The van der Waals surface area contributed by atoms with Crippen molar-refractivity contribution in [3.8, 4) is 0 Å². The van der Waals surface area contributed by atoms with Crippen molar-refractivity contribution in [3.05, 3.63) is 29.3 Å². The molecule has 0 saturated carbocycles. The lowest BCUT2D eigenvalue weighted by Gasteiger charge is -2.41. The zero-order chi connectivity index (χ0) is 20.9. The van der Waals surface area contributed by atoms with Crippen molar-refractivity contribution in [2.75, 3.05) is 26.2 Å². The molecule has 0 spiro atoms. The minimum absolute atomic E-state index is 0.0846. The molecule has 2 aliphatic rings. The number of nitrogens with one attached hydrogen (secondary N) is 2. The van der Waals surface area contributed by atoms with Gasteiger partial charge < -0.3 is 5.32 Å². The smallest absolute Gasteiger partial charge is 0.240 e. The number of fused-ring (bicyclic) bond motifs is 1. The second kappa shape index (κ2) is 9.58. The number of likely N-dealkylation sites (tertiary alicyclic amines) is 1. The highest BCUT2D eigenvalue weighted by atomic mass is 32.2. The zero-order valence-electron chi connectivity index (χ0n) is 17.8. The maximum absolute atomic E-state index is 12.6. The normalized spacial score (nSPS) is 18.3. The summed E-state index contributed by atoms with van der Waals surface area (Å²) in [6.45, 7) is 7.13. The Morgan fingerprint density at radius 2 is 1.72 bits per heavy atom. The fraction of sp³-hybridized carbons (Fsp3) is 0.682. The molecule has 0 aromatic heterocycles. The van der Waals surface area contributed by atoms with Crippen LogP contribution in [0.1, 0.15) is 63.5 Å². The Morgan fingerprint density at radius 1 is 1.03 bits per heavy atom. The molecule has 3 rings (SSSR count). The number of nitrogens with zero attached hydrogens (tertiary/aromatic N) is 1. The van der Waals surface area contributed by atoms with Gasteiger partial charge in [-0.15, -0.1) is 0 Å². The van der Waals surface area contributed by atoms with Crippen LogP contribution in [0.5, 0.6) is 0 Å². The SMILES string of the molecule is CC(C)(CNC(=O)CCNS(=O)(=O)c1ccc2c(c1)CCCC2)N1CCCCC1. The quantitative estimate of drug-likeness (QED) is 0.676. The summed E-state index contributed by atoms with van der Waals surface area (Å²) in [4.78, 5) is 14.9. The van der Waals surface area contributed by atoms with Crippen molar-refractivity contribution in [3.63, 3.8) is 0 Å². The summed E-state index contributed by atoms with van der Waals surface area (Å²) in [5.41, 5.74) is 2.31. The van der Waals surface area contributed by atoms with E-state index in [1.807, 2.05) is 6.07 Å². The van der Waals surface area contributed by atoms with Crippen LogP contribution in [0.15, 0.2) is 23.1 Å². The summed E-state index contributed by atoms with van der Waals surface area (Å²) in [7, 11) is -3.59. The molecular formula is C22H35N3O3S. The molecule has 6 nitrogen and oxygen atoms in total. The summed E-state index contributed by atoms with van der Waals surface area (Å²) in [6.07, 6.45) is 8.08. The molecule has 0 radical (unpaired) electrons. The molecule has 1 fully saturated rings. The Balaban J connectivity index is 1.45. The van der Waals surface area contributed by atoms with Gasteiger partial charge in [-0.2, -0.15) is 0 Å². The van der Waals surface area contributed by atoms with E-state index < -0.39 is 10.0 Å². The lowest BCUT2D eigenvalue weighted by Crippen LogP contribution is -2.53. The molecule has 162 valence electrons. The van der Waals surface area contributed by atoms with Gasteiger partial charge in [0.05, 0.1) is 4.90 Å². The molecule has 1 aliphatic heterocycles. The Kier molecular flexibility index (Phi) is 7.35. The third-order valence-electron chi connectivity index (χ3n) is 6.20. The third-order valence-corrected chi connectivity index (χ3v) is 7.66. The molecule has 1 amide bonds. The van der Waals surface area contributed by atoms with Crippen molar-refractivity contribution in [1.29, 1.82) is 0 Å². The first kappa shape index (κ1) is 22.2. The number of aryl methyl sites for hydroxylation is 2. The van der Waals surface area contributed by atoms with Gasteiger partial charge in [-0.1, -0.05) is 12.5 Å². The van der Waals surface area contributed by atoms with E-state index in [1.54, 1.807) is 12.1 Å². The lowest BCUT2D eigenvalue weighted by molar-refractivity contribution is -0.121. The molecule has 0 atom stereocenters. The van der Waals surface area contributed by atoms with Crippen molar-refractivity contribution in [1.82, 2.24) is 14.9 Å². The molecule has 1 aromatic carbocycles. The maximum atomic E-state index is 12.6. The Labute approximate surface area is 175 Å². The molecule has 0 bridgehead atoms. The third kappa shape index (κ3) is 6.03. The number of rotatable bonds is 8. The monoisotopic (exact) mass is 421 g/mol. The van der Waals surface area contributed by atoms with Crippen LogP contribution in [-0.2, 0) is 27.7 Å². The van der Waals surface area contributed by atoms with Crippen LogP contribution in [0, 0.1) is 0 Å². The Hall–Kier alpha value is -1.44. The summed E-state index contributed by atoms with van der Waals surface area (Å²) in [6, 6.07) is 5.39. The van der Waals surface area contributed by atoms with Gasteiger partial charge in [0.25, 0.3) is 0 Å². The number of piperidine rings is 1. The van der Waals surface area contributed by atoms with Gasteiger partial charge in [0.2, 0.25) is 15.9 Å². The number of hydrogen-bond acceptors (Lipinski definition) is 4. The van der Waals surface area contributed by atoms with E-state index in [0.717, 1.165) is 37.9 Å². The van der Waals surface area contributed by atoms with Gasteiger partial charge in [-0.05, 0) is 88.7 Å². The largest absolute Gasteiger partial charge is 0.354 e. The van der Waals surface area contributed by atoms with Gasteiger partial charge >= 0.3 is 0 Å². The molecule has 1 aromatic rings. The van der Waals surface area contributed by atoms with E-state index in [-0.39, 0.29) is 24.4 Å². The number of benzene rings is 1. The molecule has 1 heterocycles. The van der Waals surface area contributed by atoms with Crippen LogP contribution < -0.4 is 10.0 Å². The van der Waals surface area contributed by atoms with Gasteiger partial charge in [0.1, 0.15) is 0 Å². The molecular weight excluding hydrogens is 386 g/mol. The van der Waals surface area contributed by atoms with E-state index in [1.165, 1.54) is 31.2 Å². The molecule has 0 unspecified atom stereocenters. The summed E-state index contributed by atoms with van der Waals surface area (Å²) < 4.78 is 27.7. The van der Waals surface area contributed by atoms with E-state index >= 15 is 0 Å². The van der Waals surface area contributed by atoms with Crippen LogP contribution in [0.4, 0.5) is 0 Å². The molecule has 2 N–H and O–H groups in total. The highest BCUT2D eigenvalue weighted by Crippen LogP contribution is 2.24. The molecule has 1 saturated heterocycles. The van der Waals surface area contributed by atoms with Crippen molar-refractivity contribution < 1.29 is 13.2 Å². The predicted octanol–water partition coefficient (Wildman–Crippen LogP) is 2.61. The van der Waals surface area contributed by atoms with E-state index in [2.05, 4.69) is 28.8 Å². The predicted molar refractivity (Wildman–Crippen MR) is 115 cm³/mol. The van der Waals surface area contributed by atoms with Gasteiger partial charge in [-0.3, -0.25) is 9.69 Å². The van der Waals surface area contributed by atoms with Crippen LogP contribution >= 0.6 is 0 Å². The van der Waals surface area contributed by atoms with Gasteiger partial charge in [-0.25, -0.2) is 13.1 Å². The Bertz CT molecular complexity index is 815. The minimum atomic E-state index is -3.59. The van der Waals surface area contributed by atoms with Gasteiger partial charge in [0, 0.05) is 25.0 Å². The van der Waals surface area contributed by atoms with Crippen LogP contribution in [-0.4, -0.2) is 50.9 Å². The summed E-state index contributed by atoms with van der Waals surface area (Å²) in [5.74, 6) is -0.122. The molecule has 29 heavy (non-hydrogen) atoms. The fourth-order valence-electron chi connectivity index (χ4n) is 4.27. The van der Waals surface area contributed by atoms with Crippen molar-refractivity contribution in [2.24, 2.45) is 0 Å². The first-order valence-corrected chi connectivity index (χ1v) is 12.4. The van der Waals surface area contributed by atoms with Gasteiger partial charge in [0.15, 0.2) is 0 Å². The van der Waals surface area contributed by atoms with Crippen LogP contribution in [0.25, 0.3) is 0 Å². The van der Waals surface area contributed by atoms with Crippen molar-refractivity contribution >= 4 is 15.9 Å². The first-order valence-electron chi connectivity index (χ1n) is 10.9. The first-order chi connectivity index (χ1) is 13.8. The van der Waals surface area contributed by atoms with E-state index in [0.29, 0.717) is 11.4 Å². The topological polar surface area (TPSA) is 78.5 Å². The van der Waals surface area contributed by atoms with Crippen LogP contribution in [0.2, 0.25) is 0 Å². The lowest BCUT2D eigenvalue weighted by atomic mass is 9.92. The number of hydrogen-bond donors (Lipinski definition) is 2. The molecule has 1 aliphatic carbocycles. The second-order valence-corrected chi connectivity index (χ2v) is 10.7.